The Morgan fingerprint density at radius 2 is 1.70 bits per heavy atom. The molecule has 0 radical (unpaired) electrons. The third-order valence-electron chi connectivity index (χ3n) is 5.36. The molecule has 5 rings (SSSR count). The Hall–Kier alpha value is -3.13. The summed E-state index contributed by atoms with van der Waals surface area (Å²) in [5.74, 6) is 0.507. The average Bonchev–Trinajstić information content (AvgIpc) is 3.04. The minimum atomic E-state index is 0.507. The molecule has 0 fully saturated rings. The van der Waals surface area contributed by atoms with Gasteiger partial charge >= 0.3 is 0 Å². The van der Waals surface area contributed by atoms with E-state index in [1.54, 1.807) is 0 Å². The normalized spacial score (nSPS) is 11.9. The number of para-hydroxylation sites is 1. The molecule has 2 aromatic heterocycles. The van der Waals surface area contributed by atoms with E-state index in [1.165, 1.54) is 16.5 Å². The van der Waals surface area contributed by atoms with Crippen molar-refractivity contribution in [2.24, 2.45) is 0 Å². The smallest absolute Gasteiger partial charge is 0.144 e. The highest BCUT2D eigenvalue weighted by atomic mass is 16.3. The van der Waals surface area contributed by atoms with Crippen LogP contribution in [0.25, 0.3) is 44.0 Å². The Bertz CT molecular complexity index is 1310. The summed E-state index contributed by atoms with van der Waals surface area (Å²) in [6, 6.07) is 21.5. The number of hydrogen-bond donors (Lipinski definition) is 0. The fourth-order valence-corrected chi connectivity index (χ4v) is 3.86. The van der Waals surface area contributed by atoms with Crippen LogP contribution in [0.15, 0.2) is 71.3 Å². The predicted molar refractivity (Wildman–Crippen MR) is 113 cm³/mol. The maximum atomic E-state index is 6.29. The van der Waals surface area contributed by atoms with Gasteiger partial charge < -0.3 is 4.42 Å². The van der Waals surface area contributed by atoms with Gasteiger partial charge in [-0.1, -0.05) is 56.3 Å². The first-order chi connectivity index (χ1) is 13.1. The van der Waals surface area contributed by atoms with Gasteiger partial charge in [-0.3, -0.25) is 4.98 Å². The quantitative estimate of drug-likeness (QED) is 0.335. The molecule has 3 aromatic carbocycles. The van der Waals surface area contributed by atoms with Crippen molar-refractivity contribution in [1.82, 2.24) is 4.98 Å². The number of aryl methyl sites for hydroxylation is 1. The van der Waals surface area contributed by atoms with Gasteiger partial charge in [0, 0.05) is 27.9 Å². The molecular formula is C25H21NO. The van der Waals surface area contributed by atoms with Crippen molar-refractivity contribution in [2.75, 3.05) is 0 Å². The lowest BCUT2D eigenvalue weighted by Gasteiger charge is -2.10. The molecule has 2 nitrogen and oxygen atoms in total. The van der Waals surface area contributed by atoms with Crippen LogP contribution in [0.3, 0.4) is 0 Å². The van der Waals surface area contributed by atoms with Crippen LogP contribution in [0.5, 0.6) is 0 Å². The summed E-state index contributed by atoms with van der Waals surface area (Å²) in [6.45, 7) is 6.53. The molecule has 0 saturated heterocycles. The summed E-state index contributed by atoms with van der Waals surface area (Å²) in [4.78, 5) is 4.73. The highest BCUT2D eigenvalue weighted by Gasteiger charge is 2.15. The molecule has 2 heteroatoms. The van der Waals surface area contributed by atoms with Gasteiger partial charge in [0.1, 0.15) is 11.2 Å². The maximum Gasteiger partial charge on any atom is 0.144 e. The lowest BCUT2D eigenvalue weighted by atomic mass is 9.97. The van der Waals surface area contributed by atoms with Crippen molar-refractivity contribution in [1.29, 1.82) is 0 Å². The first kappa shape index (κ1) is 16.1. The summed E-state index contributed by atoms with van der Waals surface area (Å²) >= 11 is 0. The largest absolute Gasteiger partial charge is 0.455 e. The summed E-state index contributed by atoms with van der Waals surface area (Å²) in [5, 5.41) is 4.67. The summed E-state index contributed by atoms with van der Waals surface area (Å²) in [7, 11) is 0. The molecule has 0 amide bonds. The monoisotopic (exact) mass is 351 g/mol. The van der Waals surface area contributed by atoms with Crippen LogP contribution < -0.4 is 0 Å². The molecule has 0 aliphatic heterocycles. The SMILES string of the molecule is Cc1ccc2c(c1)oc1c(-c3nccc4cc(C(C)C)ccc34)cccc12. The molecule has 0 saturated carbocycles. The van der Waals surface area contributed by atoms with E-state index in [2.05, 4.69) is 81.4 Å². The minimum absolute atomic E-state index is 0.507. The van der Waals surface area contributed by atoms with Gasteiger partial charge in [0.05, 0.1) is 5.69 Å². The van der Waals surface area contributed by atoms with Crippen molar-refractivity contribution in [3.05, 3.63) is 78.0 Å². The molecule has 0 spiro atoms. The molecule has 132 valence electrons. The van der Waals surface area contributed by atoms with Gasteiger partial charge in [-0.05, 0) is 47.6 Å². The van der Waals surface area contributed by atoms with Gasteiger partial charge in [0.2, 0.25) is 0 Å². The van der Waals surface area contributed by atoms with Crippen LogP contribution in [0.2, 0.25) is 0 Å². The molecule has 0 bridgehead atoms. The fraction of sp³-hybridized carbons (Fsp3) is 0.160. The highest BCUT2D eigenvalue weighted by molar-refractivity contribution is 6.11. The first-order valence-electron chi connectivity index (χ1n) is 9.43. The Balaban J connectivity index is 1.82. The van der Waals surface area contributed by atoms with Crippen LogP contribution in [0.4, 0.5) is 0 Å². The van der Waals surface area contributed by atoms with Crippen molar-refractivity contribution in [3.63, 3.8) is 0 Å². The van der Waals surface area contributed by atoms with E-state index in [4.69, 9.17) is 9.40 Å². The molecule has 2 heterocycles. The standard InChI is InChI=1S/C25H21NO/c1-15(2)17-8-10-19-18(14-17)11-12-26-24(19)22-6-4-5-21-20-9-7-16(3)13-23(20)27-25(21)22/h4-15H,1-3H3. The van der Waals surface area contributed by atoms with E-state index in [9.17, 15) is 0 Å². The lowest BCUT2D eigenvalue weighted by Crippen LogP contribution is -1.90. The summed E-state index contributed by atoms with van der Waals surface area (Å²) < 4.78 is 6.29. The van der Waals surface area contributed by atoms with Gasteiger partial charge in [-0.25, -0.2) is 0 Å². The Morgan fingerprint density at radius 1 is 0.852 bits per heavy atom. The summed E-state index contributed by atoms with van der Waals surface area (Å²) in [6.07, 6.45) is 1.90. The second-order valence-electron chi connectivity index (χ2n) is 7.58. The molecule has 0 aliphatic carbocycles. The fourth-order valence-electron chi connectivity index (χ4n) is 3.86. The van der Waals surface area contributed by atoms with E-state index >= 15 is 0 Å². The van der Waals surface area contributed by atoms with Crippen molar-refractivity contribution in [2.45, 2.75) is 26.7 Å². The summed E-state index contributed by atoms with van der Waals surface area (Å²) in [5.41, 5.74) is 6.41. The number of furan rings is 1. The van der Waals surface area contributed by atoms with Crippen LogP contribution in [0.1, 0.15) is 30.9 Å². The maximum absolute atomic E-state index is 6.29. The van der Waals surface area contributed by atoms with E-state index in [0.717, 1.165) is 38.6 Å². The van der Waals surface area contributed by atoms with E-state index in [1.807, 2.05) is 6.20 Å². The molecular weight excluding hydrogens is 330 g/mol. The third kappa shape index (κ3) is 2.52. The van der Waals surface area contributed by atoms with Crippen molar-refractivity contribution >= 4 is 32.7 Å². The number of pyridine rings is 1. The third-order valence-corrected chi connectivity index (χ3v) is 5.36. The first-order valence-corrected chi connectivity index (χ1v) is 9.43. The van der Waals surface area contributed by atoms with Crippen molar-refractivity contribution in [3.8, 4) is 11.3 Å². The van der Waals surface area contributed by atoms with Gasteiger partial charge in [0.25, 0.3) is 0 Å². The topological polar surface area (TPSA) is 26.0 Å². The number of aromatic nitrogens is 1. The molecule has 0 atom stereocenters. The molecule has 0 unspecified atom stereocenters. The molecule has 5 aromatic rings. The van der Waals surface area contributed by atoms with E-state index < -0.39 is 0 Å². The number of fused-ring (bicyclic) bond motifs is 4. The number of benzene rings is 3. The second-order valence-corrected chi connectivity index (χ2v) is 7.58. The van der Waals surface area contributed by atoms with Gasteiger partial charge in [-0.15, -0.1) is 0 Å². The zero-order chi connectivity index (χ0) is 18.5. The minimum Gasteiger partial charge on any atom is -0.455 e. The number of nitrogens with zero attached hydrogens (tertiary/aromatic N) is 1. The molecule has 0 N–H and O–H groups in total. The molecule has 0 aliphatic rings. The van der Waals surface area contributed by atoms with Gasteiger partial charge in [-0.2, -0.15) is 0 Å². The van der Waals surface area contributed by atoms with Crippen LogP contribution in [-0.2, 0) is 0 Å². The zero-order valence-corrected chi connectivity index (χ0v) is 15.8. The Kier molecular flexibility index (Phi) is 3.54. The number of hydrogen-bond acceptors (Lipinski definition) is 2. The van der Waals surface area contributed by atoms with Gasteiger partial charge in [0.15, 0.2) is 0 Å². The lowest BCUT2D eigenvalue weighted by molar-refractivity contribution is 0.669. The van der Waals surface area contributed by atoms with Crippen LogP contribution in [0, 0.1) is 6.92 Å². The average molecular weight is 351 g/mol. The van der Waals surface area contributed by atoms with Crippen LogP contribution in [-0.4, -0.2) is 4.98 Å². The Morgan fingerprint density at radius 3 is 2.56 bits per heavy atom. The highest BCUT2D eigenvalue weighted by Crippen LogP contribution is 2.38. The second kappa shape index (κ2) is 5.95. The van der Waals surface area contributed by atoms with E-state index in [-0.39, 0.29) is 0 Å². The van der Waals surface area contributed by atoms with Crippen molar-refractivity contribution < 1.29 is 4.42 Å². The number of rotatable bonds is 2. The molecule has 27 heavy (non-hydrogen) atoms. The van der Waals surface area contributed by atoms with Crippen LogP contribution >= 0.6 is 0 Å². The Labute approximate surface area is 158 Å². The predicted octanol–water partition coefficient (Wildman–Crippen LogP) is 7.23. The van der Waals surface area contributed by atoms with E-state index in [0.29, 0.717) is 5.92 Å². The zero-order valence-electron chi connectivity index (χ0n) is 15.8.